The van der Waals surface area contributed by atoms with Crippen LogP contribution >= 0.6 is 47.8 Å². The first kappa shape index (κ1) is 12.9. The Labute approximate surface area is 110 Å². The molecule has 0 aromatic carbocycles. The molecule has 1 N–H and O–H groups in total. The molecule has 4 nitrogen and oxygen atoms in total. The summed E-state index contributed by atoms with van der Waals surface area (Å²) in [4.78, 5) is 22.4. The van der Waals surface area contributed by atoms with Crippen molar-refractivity contribution in [3.63, 3.8) is 0 Å². The number of carbonyl (C=O) groups excluding carboxylic acids is 1. The third-order valence-electron chi connectivity index (χ3n) is 1.62. The second-order valence-corrected chi connectivity index (χ2v) is 6.50. The Morgan fingerprint density at radius 2 is 2.00 bits per heavy atom. The lowest BCUT2D eigenvalue weighted by Crippen LogP contribution is -2.13. The molecule has 0 fully saturated rings. The van der Waals surface area contributed by atoms with E-state index in [1.807, 2.05) is 0 Å². The van der Waals surface area contributed by atoms with Gasteiger partial charge in [-0.05, 0) is 22.9 Å². The largest absolute Gasteiger partial charge is 0.506 e. The number of Topliss-reactive ketones (excluding diaryl/α,β-unsaturated/α-hetero) is 1. The molecular weight excluding hydrogens is 400 g/mol. The van der Waals surface area contributed by atoms with Gasteiger partial charge in [0.25, 0.3) is 0 Å². The Morgan fingerprint density at radius 3 is 2.40 bits per heavy atom. The molecule has 0 spiro atoms. The van der Waals surface area contributed by atoms with Gasteiger partial charge in [-0.3, -0.25) is 4.79 Å². The molecule has 0 aliphatic carbocycles. The van der Waals surface area contributed by atoms with Gasteiger partial charge in [-0.2, -0.15) is 0 Å². The van der Waals surface area contributed by atoms with Crippen LogP contribution in [0.3, 0.4) is 0 Å². The Hall–Kier alpha value is -0.140. The maximum absolute atomic E-state index is 11.3. The van der Waals surface area contributed by atoms with E-state index in [9.17, 15) is 14.7 Å². The highest BCUT2D eigenvalue weighted by Gasteiger charge is 2.23. The minimum Gasteiger partial charge on any atom is -0.506 e. The van der Waals surface area contributed by atoms with Crippen molar-refractivity contribution in [3.8, 4) is 5.75 Å². The van der Waals surface area contributed by atoms with Gasteiger partial charge in [-0.15, -0.1) is 0 Å². The van der Waals surface area contributed by atoms with E-state index >= 15 is 0 Å². The van der Waals surface area contributed by atoms with Crippen molar-refractivity contribution in [3.05, 3.63) is 26.2 Å². The summed E-state index contributed by atoms with van der Waals surface area (Å²) < 4.78 is 4.61. The second-order valence-electron chi connectivity index (χ2n) is 2.65. The molecule has 0 aliphatic heterocycles. The highest BCUT2D eigenvalue weighted by atomic mass is 79.9. The zero-order valence-corrected chi connectivity index (χ0v) is 12.1. The quantitative estimate of drug-likeness (QED) is 0.607. The van der Waals surface area contributed by atoms with Gasteiger partial charge in [-0.25, -0.2) is 4.79 Å². The fraction of sp³-hybridized carbons (Fsp3) is 0.250. The van der Waals surface area contributed by atoms with Crippen LogP contribution in [0, 0.1) is 0 Å². The number of alkyl halides is 2. The maximum Gasteiger partial charge on any atom is 0.350 e. The molecule has 0 amide bonds. The number of rotatable bonds is 2. The van der Waals surface area contributed by atoms with E-state index in [-0.39, 0.29) is 15.8 Å². The summed E-state index contributed by atoms with van der Waals surface area (Å²) in [5.74, 6) is -0.783. The van der Waals surface area contributed by atoms with Crippen LogP contribution in [0.5, 0.6) is 5.75 Å². The first-order valence-corrected chi connectivity index (χ1v) is 6.33. The minimum atomic E-state index is -0.859. The van der Waals surface area contributed by atoms with Gasteiger partial charge >= 0.3 is 5.63 Å². The number of hydrogen-bond acceptors (Lipinski definition) is 4. The normalized spacial score (nSPS) is 10.7. The van der Waals surface area contributed by atoms with Crippen molar-refractivity contribution in [2.45, 2.75) is 10.7 Å². The SMILES string of the molecule is CC(=O)c1c(O)c(Br)c(C(Br)Br)oc1=O. The van der Waals surface area contributed by atoms with E-state index in [1.54, 1.807) is 0 Å². The Balaban J connectivity index is 3.59. The molecule has 7 heteroatoms. The summed E-state index contributed by atoms with van der Waals surface area (Å²) in [6.07, 6.45) is 0. The summed E-state index contributed by atoms with van der Waals surface area (Å²) in [7, 11) is 0. The molecule has 82 valence electrons. The van der Waals surface area contributed by atoms with Gasteiger partial charge in [-0.1, -0.05) is 31.9 Å². The monoisotopic (exact) mass is 402 g/mol. The number of hydrogen-bond donors (Lipinski definition) is 1. The molecule has 1 rings (SSSR count). The van der Waals surface area contributed by atoms with Gasteiger partial charge in [0.2, 0.25) is 0 Å². The summed E-state index contributed by atoms with van der Waals surface area (Å²) in [5, 5.41) is 9.61. The molecule has 0 atom stereocenters. The van der Waals surface area contributed by atoms with E-state index < -0.39 is 20.9 Å². The zero-order valence-electron chi connectivity index (χ0n) is 7.38. The summed E-state index contributed by atoms with van der Waals surface area (Å²) in [6, 6.07) is 0. The highest BCUT2D eigenvalue weighted by Crippen LogP contribution is 2.38. The molecule has 0 saturated heterocycles. The van der Waals surface area contributed by atoms with Crippen LogP contribution in [0.25, 0.3) is 0 Å². The number of aromatic hydroxyl groups is 1. The van der Waals surface area contributed by atoms with Crippen LogP contribution in [0.4, 0.5) is 0 Å². The third-order valence-corrected chi connectivity index (χ3v) is 3.22. The lowest BCUT2D eigenvalue weighted by molar-refractivity contribution is 0.101. The van der Waals surface area contributed by atoms with Crippen molar-refractivity contribution >= 4 is 53.6 Å². The predicted molar refractivity (Wildman–Crippen MR) is 64.9 cm³/mol. The highest BCUT2D eigenvalue weighted by molar-refractivity contribution is 9.24. The molecule has 0 aliphatic rings. The van der Waals surface area contributed by atoms with Crippen LogP contribution in [-0.4, -0.2) is 10.9 Å². The molecule has 1 aromatic heterocycles. The molecule has 0 bridgehead atoms. The van der Waals surface area contributed by atoms with Crippen LogP contribution < -0.4 is 5.63 Å². The standard InChI is InChI=1S/C8H5Br3O4/c1-2(12)3-5(13)4(9)6(7(10)11)15-8(3)14/h7,13H,1H3. The first-order chi connectivity index (χ1) is 6.86. The van der Waals surface area contributed by atoms with E-state index in [1.165, 1.54) is 6.92 Å². The van der Waals surface area contributed by atoms with Gasteiger partial charge in [0.15, 0.2) is 17.3 Å². The lowest BCUT2D eigenvalue weighted by Gasteiger charge is -2.07. The summed E-state index contributed by atoms with van der Waals surface area (Å²) in [6.45, 7) is 1.18. The zero-order chi connectivity index (χ0) is 11.7. The first-order valence-electron chi connectivity index (χ1n) is 3.70. The van der Waals surface area contributed by atoms with E-state index in [0.717, 1.165) is 0 Å². The fourth-order valence-electron chi connectivity index (χ4n) is 0.970. The third kappa shape index (κ3) is 2.51. The summed E-state index contributed by atoms with van der Waals surface area (Å²) >= 11 is 9.28. The van der Waals surface area contributed by atoms with Crippen LogP contribution in [0.1, 0.15) is 26.8 Å². The van der Waals surface area contributed by atoms with Gasteiger partial charge < -0.3 is 9.52 Å². The molecule has 15 heavy (non-hydrogen) atoms. The second kappa shape index (κ2) is 4.80. The van der Waals surface area contributed by atoms with Crippen LogP contribution in [-0.2, 0) is 0 Å². The number of halogens is 3. The van der Waals surface area contributed by atoms with Crippen molar-refractivity contribution in [2.75, 3.05) is 0 Å². The predicted octanol–water partition coefficient (Wildman–Crippen LogP) is 3.10. The topological polar surface area (TPSA) is 67.5 Å². The van der Waals surface area contributed by atoms with Gasteiger partial charge in [0.05, 0.1) is 0 Å². The van der Waals surface area contributed by atoms with Crippen molar-refractivity contribution < 1.29 is 14.3 Å². The average molecular weight is 405 g/mol. The fourth-order valence-corrected chi connectivity index (χ4v) is 2.74. The molecule has 0 radical (unpaired) electrons. The van der Waals surface area contributed by atoms with Crippen LogP contribution in [0.15, 0.2) is 13.7 Å². The van der Waals surface area contributed by atoms with Gasteiger partial charge in [0.1, 0.15) is 13.8 Å². The van der Waals surface area contributed by atoms with E-state index in [4.69, 9.17) is 4.42 Å². The molecule has 0 saturated carbocycles. The van der Waals surface area contributed by atoms with Crippen molar-refractivity contribution in [1.82, 2.24) is 0 Å². The number of carbonyl (C=O) groups is 1. The summed E-state index contributed by atoms with van der Waals surface area (Å²) in [5.41, 5.74) is -1.21. The molecular formula is C8H5Br3O4. The maximum atomic E-state index is 11.3. The van der Waals surface area contributed by atoms with Crippen molar-refractivity contribution in [2.24, 2.45) is 0 Å². The van der Waals surface area contributed by atoms with E-state index in [0.29, 0.717) is 0 Å². The van der Waals surface area contributed by atoms with Crippen LogP contribution in [0.2, 0.25) is 0 Å². The lowest BCUT2D eigenvalue weighted by atomic mass is 10.2. The Bertz CT molecular complexity index is 464. The molecule has 1 aromatic rings. The number of ketones is 1. The Kier molecular flexibility index (Phi) is 4.13. The van der Waals surface area contributed by atoms with E-state index in [2.05, 4.69) is 47.8 Å². The molecule has 0 unspecified atom stereocenters. The minimum absolute atomic E-state index is 0.169. The smallest absolute Gasteiger partial charge is 0.350 e. The van der Waals surface area contributed by atoms with Crippen molar-refractivity contribution in [1.29, 1.82) is 0 Å². The molecule has 1 heterocycles. The Morgan fingerprint density at radius 1 is 1.47 bits per heavy atom. The average Bonchev–Trinajstić information content (AvgIpc) is 2.10. The van der Waals surface area contributed by atoms with Gasteiger partial charge in [0, 0.05) is 0 Å².